The molecule has 2 N–H and O–H groups in total. The first kappa shape index (κ1) is 10.5. The Bertz CT molecular complexity index is 344. The highest BCUT2D eigenvalue weighted by atomic mass is 16.5. The number of benzene rings is 1. The zero-order valence-corrected chi connectivity index (χ0v) is 8.02. The van der Waals surface area contributed by atoms with Crippen molar-refractivity contribution in [1.82, 2.24) is 0 Å². The number of carbonyl (C=O) groups excluding carboxylic acids is 1. The number of rotatable bonds is 2. The summed E-state index contributed by atoms with van der Waals surface area (Å²) >= 11 is 0. The van der Waals surface area contributed by atoms with Crippen LogP contribution in [0.1, 0.15) is 28.9 Å². The number of aliphatic hydroxyl groups is 1. The lowest BCUT2D eigenvalue weighted by atomic mass is 10.1. The van der Waals surface area contributed by atoms with E-state index in [1.807, 2.05) is 0 Å². The smallest absolute Gasteiger partial charge is 0.341 e. The molecule has 0 saturated carbocycles. The van der Waals surface area contributed by atoms with Gasteiger partial charge < -0.3 is 14.9 Å². The molecule has 0 amide bonds. The van der Waals surface area contributed by atoms with Crippen LogP contribution in [0.3, 0.4) is 0 Å². The normalized spacial score (nSPS) is 12.2. The zero-order valence-electron chi connectivity index (χ0n) is 8.02. The van der Waals surface area contributed by atoms with Crippen molar-refractivity contribution in [1.29, 1.82) is 0 Å². The lowest BCUT2D eigenvalue weighted by Gasteiger charge is -2.09. The predicted octanol–water partition coefficient (Wildman–Crippen LogP) is 1.23. The van der Waals surface area contributed by atoms with Gasteiger partial charge in [-0.15, -0.1) is 0 Å². The summed E-state index contributed by atoms with van der Waals surface area (Å²) in [6.45, 7) is 1.51. The van der Waals surface area contributed by atoms with Gasteiger partial charge in [-0.3, -0.25) is 0 Å². The van der Waals surface area contributed by atoms with E-state index in [4.69, 9.17) is 0 Å². The van der Waals surface area contributed by atoms with Crippen molar-refractivity contribution >= 4 is 5.97 Å². The van der Waals surface area contributed by atoms with Crippen LogP contribution in [0.4, 0.5) is 0 Å². The zero-order chi connectivity index (χ0) is 10.7. The van der Waals surface area contributed by atoms with Crippen molar-refractivity contribution in [2.24, 2.45) is 0 Å². The molecule has 1 atom stereocenters. The first-order valence-corrected chi connectivity index (χ1v) is 4.16. The molecule has 0 heterocycles. The number of hydrogen-bond acceptors (Lipinski definition) is 4. The number of methoxy groups -OCH3 is 1. The molecule has 0 spiro atoms. The van der Waals surface area contributed by atoms with E-state index in [1.165, 1.54) is 20.1 Å². The van der Waals surface area contributed by atoms with Crippen LogP contribution in [-0.4, -0.2) is 23.3 Å². The molecule has 1 aromatic rings. The second-order valence-electron chi connectivity index (χ2n) is 2.91. The number of esters is 1. The summed E-state index contributed by atoms with van der Waals surface area (Å²) in [5, 5.41) is 18.9. The van der Waals surface area contributed by atoms with Crippen molar-refractivity contribution in [2.75, 3.05) is 7.11 Å². The lowest BCUT2D eigenvalue weighted by Crippen LogP contribution is -2.03. The quantitative estimate of drug-likeness (QED) is 0.698. The van der Waals surface area contributed by atoms with E-state index in [2.05, 4.69) is 4.74 Å². The number of carbonyl (C=O) groups is 1. The van der Waals surface area contributed by atoms with Crippen LogP contribution >= 0.6 is 0 Å². The third kappa shape index (κ3) is 1.85. The largest absolute Gasteiger partial charge is 0.507 e. The Labute approximate surface area is 81.8 Å². The Kier molecular flexibility index (Phi) is 3.09. The van der Waals surface area contributed by atoms with Gasteiger partial charge >= 0.3 is 5.97 Å². The van der Waals surface area contributed by atoms with Crippen LogP contribution in [0.25, 0.3) is 0 Å². The Morgan fingerprint density at radius 3 is 2.64 bits per heavy atom. The van der Waals surface area contributed by atoms with E-state index in [-0.39, 0.29) is 11.3 Å². The van der Waals surface area contributed by atoms with Gasteiger partial charge in [-0.2, -0.15) is 0 Å². The topological polar surface area (TPSA) is 66.8 Å². The maximum Gasteiger partial charge on any atom is 0.341 e. The third-order valence-corrected chi connectivity index (χ3v) is 1.92. The van der Waals surface area contributed by atoms with Gasteiger partial charge in [0.05, 0.1) is 13.2 Å². The van der Waals surface area contributed by atoms with E-state index < -0.39 is 12.1 Å². The average Bonchev–Trinajstić information content (AvgIpc) is 2.16. The second-order valence-corrected chi connectivity index (χ2v) is 2.91. The van der Waals surface area contributed by atoms with Crippen molar-refractivity contribution < 1.29 is 19.7 Å². The van der Waals surface area contributed by atoms with Gasteiger partial charge in [0.15, 0.2) is 0 Å². The molecule has 4 heteroatoms. The Morgan fingerprint density at radius 2 is 2.14 bits per heavy atom. The number of hydrogen-bond donors (Lipinski definition) is 2. The molecule has 0 radical (unpaired) electrons. The van der Waals surface area contributed by atoms with Crippen LogP contribution in [0.2, 0.25) is 0 Å². The molecule has 0 saturated heterocycles. The third-order valence-electron chi connectivity index (χ3n) is 1.92. The van der Waals surface area contributed by atoms with Crippen LogP contribution in [0.15, 0.2) is 18.2 Å². The van der Waals surface area contributed by atoms with E-state index >= 15 is 0 Å². The number of phenols is 1. The molecule has 1 aromatic carbocycles. The van der Waals surface area contributed by atoms with E-state index in [1.54, 1.807) is 12.1 Å². The summed E-state index contributed by atoms with van der Waals surface area (Å²) in [6, 6.07) is 4.56. The molecule has 4 nitrogen and oxygen atoms in total. The number of ether oxygens (including phenoxy) is 1. The second kappa shape index (κ2) is 4.11. The molecular formula is C10H12O4. The van der Waals surface area contributed by atoms with Gasteiger partial charge in [0, 0.05) is 5.56 Å². The van der Waals surface area contributed by atoms with Crippen LogP contribution in [0, 0.1) is 0 Å². The van der Waals surface area contributed by atoms with Crippen LogP contribution in [-0.2, 0) is 4.74 Å². The molecule has 0 fully saturated rings. The van der Waals surface area contributed by atoms with E-state index in [9.17, 15) is 15.0 Å². The average molecular weight is 196 g/mol. The predicted molar refractivity (Wildman–Crippen MR) is 50.1 cm³/mol. The molecule has 0 aliphatic rings. The molecule has 0 aliphatic heterocycles. The Hall–Kier alpha value is -1.55. The monoisotopic (exact) mass is 196 g/mol. The van der Waals surface area contributed by atoms with E-state index in [0.717, 1.165) is 0 Å². The fraction of sp³-hybridized carbons (Fsp3) is 0.300. The van der Waals surface area contributed by atoms with E-state index in [0.29, 0.717) is 5.56 Å². The summed E-state index contributed by atoms with van der Waals surface area (Å²) in [6.07, 6.45) is -0.820. The minimum Gasteiger partial charge on any atom is -0.507 e. The summed E-state index contributed by atoms with van der Waals surface area (Å²) in [4.78, 5) is 11.1. The molecule has 0 bridgehead atoms. The van der Waals surface area contributed by atoms with Gasteiger partial charge in [0.1, 0.15) is 11.3 Å². The minimum atomic E-state index is -0.820. The molecule has 14 heavy (non-hydrogen) atoms. The highest BCUT2D eigenvalue weighted by molar-refractivity contribution is 5.92. The van der Waals surface area contributed by atoms with Gasteiger partial charge in [0.2, 0.25) is 0 Å². The number of phenolic OH excluding ortho intramolecular Hbond substituents is 1. The highest BCUT2D eigenvalue weighted by Crippen LogP contribution is 2.27. The first-order valence-electron chi connectivity index (χ1n) is 4.16. The van der Waals surface area contributed by atoms with Crippen molar-refractivity contribution in [3.8, 4) is 5.75 Å². The molecule has 76 valence electrons. The van der Waals surface area contributed by atoms with Crippen molar-refractivity contribution in [3.63, 3.8) is 0 Å². The fourth-order valence-corrected chi connectivity index (χ4v) is 1.17. The highest BCUT2D eigenvalue weighted by Gasteiger charge is 2.16. The van der Waals surface area contributed by atoms with Crippen LogP contribution in [0.5, 0.6) is 5.75 Å². The van der Waals surface area contributed by atoms with Gasteiger partial charge in [-0.05, 0) is 13.0 Å². The minimum absolute atomic E-state index is 0.0610. The summed E-state index contributed by atoms with van der Waals surface area (Å²) in [5.74, 6) is -0.848. The summed E-state index contributed by atoms with van der Waals surface area (Å²) < 4.78 is 4.47. The van der Waals surface area contributed by atoms with Gasteiger partial charge in [-0.25, -0.2) is 4.79 Å². The molecule has 0 aliphatic carbocycles. The summed E-state index contributed by atoms with van der Waals surface area (Å²) in [5.41, 5.74) is 0.374. The van der Waals surface area contributed by atoms with Gasteiger partial charge in [0.25, 0.3) is 0 Å². The molecule has 1 rings (SSSR count). The Balaban J connectivity index is 3.20. The van der Waals surface area contributed by atoms with Crippen molar-refractivity contribution in [3.05, 3.63) is 29.3 Å². The van der Waals surface area contributed by atoms with Crippen LogP contribution < -0.4 is 0 Å². The maximum atomic E-state index is 11.1. The lowest BCUT2D eigenvalue weighted by molar-refractivity contribution is 0.0597. The molecule has 0 aromatic heterocycles. The summed E-state index contributed by atoms with van der Waals surface area (Å²) in [7, 11) is 1.23. The maximum absolute atomic E-state index is 11.1. The number of para-hydroxylation sites is 1. The standard InChI is InChI=1S/C10H12O4/c1-6(11)7-4-3-5-8(9(7)12)10(13)14-2/h3-6,11-12H,1-2H3. The van der Waals surface area contributed by atoms with Gasteiger partial charge in [-0.1, -0.05) is 12.1 Å². The molecule has 1 unspecified atom stereocenters. The Morgan fingerprint density at radius 1 is 1.50 bits per heavy atom. The number of aliphatic hydroxyl groups excluding tert-OH is 1. The SMILES string of the molecule is COC(=O)c1cccc(C(C)O)c1O. The molecular weight excluding hydrogens is 184 g/mol. The first-order chi connectivity index (χ1) is 6.57. The number of aromatic hydroxyl groups is 1. The van der Waals surface area contributed by atoms with Crippen molar-refractivity contribution in [2.45, 2.75) is 13.0 Å². The fourth-order valence-electron chi connectivity index (χ4n) is 1.17.